The molecular formula is C11H16N2O3S2. The summed E-state index contributed by atoms with van der Waals surface area (Å²) in [5.41, 5.74) is 5.49. The van der Waals surface area contributed by atoms with Crippen LogP contribution in [0.5, 0.6) is 0 Å². The number of sulfonamides is 1. The van der Waals surface area contributed by atoms with Crippen molar-refractivity contribution in [2.24, 2.45) is 5.73 Å². The molecule has 3 atom stereocenters. The Hall–Kier alpha value is -0.470. The molecule has 3 N–H and O–H groups in total. The van der Waals surface area contributed by atoms with Gasteiger partial charge in [-0.15, -0.1) is 11.3 Å². The van der Waals surface area contributed by atoms with Crippen LogP contribution >= 0.6 is 11.3 Å². The van der Waals surface area contributed by atoms with Crippen molar-refractivity contribution in [3.05, 3.63) is 17.0 Å². The predicted molar refractivity (Wildman–Crippen MR) is 68.8 cm³/mol. The average molecular weight is 288 g/mol. The Labute approximate surface area is 110 Å². The van der Waals surface area contributed by atoms with Crippen molar-refractivity contribution in [3.8, 4) is 0 Å². The number of ether oxygens (including phenoxy) is 1. The van der Waals surface area contributed by atoms with Gasteiger partial charge in [-0.2, -0.15) is 0 Å². The van der Waals surface area contributed by atoms with Gasteiger partial charge in [0.05, 0.1) is 18.2 Å². The third-order valence-electron chi connectivity index (χ3n) is 3.52. The molecule has 2 aliphatic heterocycles. The molecule has 5 nitrogen and oxygen atoms in total. The summed E-state index contributed by atoms with van der Waals surface area (Å²) in [6, 6.07) is 3.30. The van der Waals surface area contributed by atoms with Crippen LogP contribution in [-0.4, -0.2) is 26.7 Å². The number of hydrogen-bond donors (Lipinski definition) is 2. The van der Waals surface area contributed by atoms with Gasteiger partial charge in [0.2, 0.25) is 10.0 Å². The van der Waals surface area contributed by atoms with Gasteiger partial charge in [0.25, 0.3) is 0 Å². The Morgan fingerprint density at radius 3 is 2.83 bits per heavy atom. The molecule has 1 aromatic heterocycles. The molecule has 0 amide bonds. The molecule has 3 heterocycles. The second-order valence-corrected chi connectivity index (χ2v) is 7.87. The number of fused-ring (bicyclic) bond motifs is 2. The first-order valence-electron chi connectivity index (χ1n) is 6.05. The molecule has 1 aromatic rings. The summed E-state index contributed by atoms with van der Waals surface area (Å²) in [5, 5.41) is 0. The van der Waals surface area contributed by atoms with Crippen LogP contribution in [0.4, 0.5) is 0 Å². The van der Waals surface area contributed by atoms with Crippen LogP contribution in [0, 0.1) is 0 Å². The van der Waals surface area contributed by atoms with E-state index in [1.165, 1.54) is 11.3 Å². The monoisotopic (exact) mass is 288 g/mol. The first kappa shape index (κ1) is 12.6. The van der Waals surface area contributed by atoms with Crippen molar-refractivity contribution in [1.82, 2.24) is 4.72 Å². The molecule has 3 unspecified atom stereocenters. The molecule has 18 heavy (non-hydrogen) atoms. The fourth-order valence-corrected chi connectivity index (χ4v) is 5.16. The van der Waals surface area contributed by atoms with Crippen LogP contribution in [-0.2, 0) is 21.3 Å². The zero-order valence-corrected chi connectivity index (χ0v) is 11.5. The number of rotatable bonds is 4. The first-order valence-corrected chi connectivity index (χ1v) is 8.35. The second kappa shape index (κ2) is 4.57. The lowest BCUT2D eigenvalue weighted by Gasteiger charge is -2.19. The van der Waals surface area contributed by atoms with Gasteiger partial charge in [0.1, 0.15) is 4.21 Å². The van der Waals surface area contributed by atoms with Gasteiger partial charge in [-0.25, -0.2) is 13.1 Å². The van der Waals surface area contributed by atoms with E-state index in [1.54, 1.807) is 12.1 Å². The fraction of sp³-hybridized carbons (Fsp3) is 0.636. The van der Waals surface area contributed by atoms with Crippen molar-refractivity contribution in [1.29, 1.82) is 0 Å². The number of hydrogen-bond acceptors (Lipinski definition) is 5. The van der Waals surface area contributed by atoms with Crippen molar-refractivity contribution in [3.63, 3.8) is 0 Å². The van der Waals surface area contributed by atoms with Gasteiger partial charge < -0.3 is 10.5 Å². The van der Waals surface area contributed by atoms with E-state index in [2.05, 4.69) is 4.72 Å². The van der Waals surface area contributed by atoms with Crippen molar-refractivity contribution in [2.45, 2.75) is 48.3 Å². The molecular weight excluding hydrogens is 272 g/mol. The molecule has 3 rings (SSSR count). The van der Waals surface area contributed by atoms with Crippen LogP contribution in [0.2, 0.25) is 0 Å². The highest BCUT2D eigenvalue weighted by atomic mass is 32.2. The van der Waals surface area contributed by atoms with Crippen LogP contribution in [0.1, 0.15) is 24.1 Å². The number of nitrogens with two attached hydrogens (primary N) is 1. The molecule has 2 fully saturated rings. The lowest BCUT2D eigenvalue weighted by molar-refractivity contribution is 0.0996. The standard InChI is InChI=1S/C11H16N2O3S2/c12-6-8-2-4-11(17-8)18(14,15)13-9-5-7-1-3-10(9)16-7/h2,4,7,9-10,13H,1,3,5-6,12H2. The molecule has 0 radical (unpaired) electrons. The minimum Gasteiger partial charge on any atom is -0.373 e. The molecule has 0 spiro atoms. The van der Waals surface area contributed by atoms with Crippen LogP contribution < -0.4 is 10.5 Å². The van der Waals surface area contributed by atoms with Gasteiger partial charge in [-0.3, -0.25) is 0 Å². The zero-order valence-electron chi connectivity index (χ0n) is 9.83. The highest BCUT2D eigenvalue weighted by Gasteiger charge is 2.42. The van der Waals surface area contributed by atoms with Crippen LogP contribution in [0.3, 0.4) is 0 Å². The lowest BCUT2D eigenvalue weighted by Crippen LogP contribution is -2.41. The molecule has 2 aliphatic rings. The maximum atomic E-state index is 12.2. The Balaban J connectivity index is 1.75. The summed E-state index contributed by atoms with van der Waals surface area (Å²) in [5.74, 6) is 0. The summed E-state index contributed by atoms with van der Waals surface area (Å²) in [7, 11) is -3.42. The van der Waals surface area contributed by atoms with E-state index in [-0.39, 0.29) is 18.2 Å². The summed E-state index contributed by atoms with van der Waals surface area (Å²) in [6.45, 7) is 0.372. The highest BCUT2D eigenvalue weighted by molar-refractivity contribution is 7.91. The van der Waals surface area contributed by atoms with Gasteiger partial charge in [-0.1, -0.05) is 0 Å². The summed E-state index contributed by atoms with van der Waals surface area (Å²) >= 11 is 1.23. The van der Waals surface area contributed by atoms with Gasteiger partial charge in [0, 0.05) is 11.4 Å². The van der Waals surface area contributed by atoms with E-state index in [0.717, 1.165) is 24.1 Å². The zero-order chi connectivity index (χ0) is 12.8. The maximum absolute atomic E-state index is 12.2. The van der Waals surface area contributed by atoms with E-state index in [1.807, 2.05) is 0 Å². The Bertz CT molecular complexity index is 540. The van der Waals surface area contributed by atoms with E-state index in [9.17, 15) is 8.42 Å². The SMILES string of the molecule is NCc1ccc(S(=O)(=O)NC2CC3CCC2O3)s1. The molecule has 2 saturated heterocycles. The van der Waals surface area contributed by atoms with E-state index in [4.69, 9.17) is 10.5 Å². The van der Waals surface area contributed by atoms with E-state index < -0.39 is 10.0 Å². The fourth-order valence-electron chi connectivity index (χ4n) is 2.63. The van der Waals surface area contributed by atoms with Crippen molar-refractivity contribution >= 4 is 21.4 Å². The Morgan fingerprint density at radius 1 is 1.44 bits per heavy atom. The molecule has 100 valence electrons. The Morgan fingerprint density at radius 2 is 2.28 bits per heavy atom. The van der Waals surface area contributed by atoms with Crippen molar-refractivity contribution < 1.29 is 13.2 Å². The predicted octanol–water partition coefficient (Wildman–Crippen LogP) is 0.805. The van der Waals surface area contributed by atoms with Crippen LogP contribution in [0.15, 0.2) is 16.3 Å². The summed E-state index contributed by atoms with van der Waals surface area (Å²) < 4.78 is 33.1. The van der Waals surface area contributed by atoms with E-state index in [0.29, 0.717) is 10.8 Å². The number of nitrogens with one attached hydrogen (secondary N) is 1. The molecule has 0 saturated carbocycles. The summed E-state index contributed by atoms with van der Waals surface area (Å²) in [4.78, 5) is 0.875. The first-order chi connectivity index (χ1) is 8.58. The minimum atomic E-state index is -3.42. The van der Waals surface area contributed by atoms with Gasteiger partial charge in [-0.05, 0) is 31.4 Å². The lowest BCUT2D eigenvalue weighted by atomic mass is 9.96. The third-order valence-corrected chi connectivity index (χ3v) is 6.60. The highest BCUT2D eigenvalue weighted by Crippen LogP contribution is 2.35. The van der Waals surface area contributed by atoms with Gasteiger partial charge >= 0.3 is 0 Å². The molecule has 7 heteroatoms. The Kier molecular flexibility index (Phi) is 3.19. The largest absolute Gasteiger partial charge is 0.373 e. The normalized spacial score (nSPS) is 31.1. The molecule has 0 aromatic carbocycles. The summed E-state index contributed by atoms with van der Waals surface area (Å²) in [6.07, 6.45) is 3.10. The third kappa shape index (κ3) is 2.21. The quantitative estimate of drug-likeness (QED) is 0.859. The van der Waals surface area contributed by atoms with Crippen LogP contribution in [0.25, 0.3) is 0 Å². The van der Waals surface area contributed by atoms with Gasteiger partial charge in [0.15, 0.2) is 0 Å². The van der Waals surface area contributed by atoms with E-state index >= 15 is 0 Å². The molecule has 2 bridgehead atoms. The minimum absolute atomic E-state index is 0.0544. The maximum Gasteiger partial charge on any atom is 0.250 e. The smallest absolute Gasteiger partial charge is 0.250 e. The molecule has 0 aliphatic carbocycles. The topological polar surface area (TPSA) is 81.4 Å². The number of thiophene rings is 1. The average Bonchev–Trinajstić information content (AvgIpc) is 3.04. The van der Waals surface area contributed by atoms with Crippen molar-refractivity contribution in [2.75, 3.05) is 0 Å². The second-order valence-electron chi connectivity index (χ2n) is 4.76.